The van der Waals surface area contributed by atoms with Crippen molar-refractivity contribution in [2.24, 2.45) is 0 Å². The van der Waals surface area contributed by atoms with Crippen LogP contribution in [0.1, 0.15) is 13.0 Å². The lowest BCUT2D eigenvalue weighted by Crippen LogP contribution is -2.18. The van der Waals surface area contributed by atoms with Crippen molar-refractivity contribution in [2.75, 3.05) is 17.7 Å². The number of rotatable bonds is 4. The van der Waals surface area contributed by atoms with Crippen LogP contribution < -0.4 is 5.73 Å². The fraction of sp³-hybridized carbons (Fsp3) is 0.364. The van der Waals surface area contributed by atoms with Crippen molar-refractivity contribution in [1.29, 1.82) is 0 Å². The maximum atomic E-state index is 11.4. The molecule has 0 fully saturated rings. The van der Waals surface area contributed by atoms with Crippen molar-refractivity contribution >= 4 is 27.1 Å². The molecule has 1 heterocycles. The Balaban J connectivity index is 2.42. The topological polar surface area (TPSA) is 104 Å². The van der Waals surface area contributed by atoms with E-state index in [-0.39, 0.29) is 5.75 Å². The molecule has 1 atom stereocenters. The van der Waals surface area contributed by atoms with Gasteiger partial charge >= 0.3 is 0 Å². The first-order valence-electron chi connectivity index (χ1n) is 5.78. The molecule has 9 heteroatoms. The zero-order valence-electron chi connectivity index (χ0n) is 11.0. The standard InChI is InChI=1S/C11H14ClN5O2S/c1-7(6-20(2,18)19)17-11(14-15-16-17)8-3-9(12)5-10(13)4-8/h3-5,7H,6,13H2,1-2H3. The summed E-state index contributed by atoms with van der Waals surface area (Å²) in [7, 11) is -3.13. The monoisotopic (exact) mass is 315 g/mol. The van der Waals surface area contributed by atoms with E-state index in [1.54, 1.807) is 25.1 Å². The summed E-state index contributed by atoms with van der Waals surface area (Å²) < 4.78 is 24.2. The van der Waals surface area contributed by atoms with Gasteiger partial charge in [0.25, 0.3) is 0 Å². The average molecular weight is 316 g/mol. The lowest BCUT2D eigenvalue weighted by Gasteiger charge is -2.12. The zero-order valence-corrected chi connectivity index (χ0v) is 12.6. The van der Waals surface area contributed by atoms with E-state index < -0.39 is 15.9 Å². The summed E-state index contributed by atoms with van der Waals surface area (Å²) in [6.45, 7) is 1.73. The lowest BCUT2D eigenvalue weighted by atomic mass is 10.2. The number of aromatic nitrogens is 4. The second-order valence-electron chi connectivity index (χ2n) is 4.66. The van der Waals surface area contributed by atoms with Crippen LogP contribution >= 0.6 is 11.6 Å². The van der Waals surface area contributed by atoms with Gasteiger partial charge in [-0.15, -0.1) is 5.10 Å². The van der Waals surface area contributed by atoms with Crippen LogP contribution in [0, 0.1) is 0 Å². The van der Waals surface area contributed by atoms with Crippen LogP contribution in [0.5, 0.6) is 0 Å². The number of nitrogens with zero attached hydrogens (tertiary/aromatic N) is 4. The molecule has 2 N–H and O–H groups in total. The van der Waals surface area contributed by atoms with Gasteiger partial charge in [-0.05, 0) is 35.5 Å². The highest BCUT2D eigenvalue weighted by Gasteiger charge is 2.19. The van der Waals surface area contributed by atoms with Crippen molar-refractivity contribution < 1.29 is 8.42 Å². The Kier molecular flexibility index (Phi) is 3.96. The highest BCUT2D eigenvalue weighted by molar-refractivity contribution is 7.90. The van der Waals surface area contributed by atoms with Gasteiger partial charge in [0.05, 0.1) is 11.8 Å². The molecule has 20 heavy (non-hydrogen) atoms. The largest absolute Gasteiger partial charge is 0.399 e. The van der Waals surface area contributed by atoms with Gasteiger partial charge in [0.15, 0.2) is 5.82 Å². The number of nitrogens with two attached hydrogens (primary N) is 1. The maximum absolute atomic E-state index is 11.4. The quantitative estimate of drug-likeness (QED) is 0.850. The second-order valence-corrected chi connectivity index (χ2v) is 7.28. The van der Waals surface area contributed by atoms with E-state index in [1.807, 2.05) is 0 Å². The van der Waals surface area contributed by atoms with E-state index >= 15 is 0 Å². The molecule has 0 aliphatic rings. The molecule has 0 aliphatic heterocycles. The summed E-state index contributed by atoms with van der Waals surface area (Å²) >= 11 is 5.95. The van der Waals surface area contributed by atoms with Crippen LogP contribution in [0.25, 0.3) is 11.4 Å². The fourth-order valence-electron chi connectivity index (χ4n) is 1.93. The van der Waals surface area contributed by atoms with Gasteiger partial charge in [-0.1, -0.05) is 11.6 Å². The lowest BCUT2D eigenvalue weighted by molar-refractivity contribution is 0.509. The Morgan fingerprint density at radius 2 is 2.10 bits per heavy atom. The Morgan fingerprint density at radius 1 is 1.40 bits per heavy atom. The molecule has 0 aliphatic carbocycles. The first-order chi connectivity index (χ1) is 9.26. The number of hydrogen-bond donors (Lipinski definition) is 1. The number of nitrogen functional groups attached to an aromatic ring is 1. The summed E-state index contributed by atoms with van der Waals surface area (Å²) in [5.41, 5.74) is 6.86. The van der Waals surface area contributed by atoms with Crippen molar-refractivity contribution in [3.8, 4) is 11.4 Å². The number of anilines is 1. The average Bonchev–Trinajstić information content (AvgIpc) is 2.73. The van der Waals surface area contributed by atoms with Crippen LogP contribution in [0.2, 0.25) is 5.02 Å². The summed E-state index contributed by atoms with van der Waals surface area (Å²) in [6.07, 6.45) is 1.17. The van der Waals surface area contributed by atoms with Gasteiger partial charge in [-0.25, -0.2) is 13.1 Å². The van der Waals surface area contributed by atoms with Gasteiger partial charge in [0.2, 0.25) is 0 Å². The molecule has 0 spiro atoms. The third kappa shape index (κ3) is 3.45. The van der Waals surface area contributed by atoms with E-state index in [9.17, 15) is 8.42 Å². The van der Waals surface area contributed by atoms with Gasteiger partial charge < -0.3 is 5.73 Å². The number of hydrogen-bond acceptors (Lipinski definition) is 6. The molecule has 0 saturated heterocycles. The minimum absolute atomic E-state index is 0.0545. The predicted octanol–water partition coefficient (Wildman–Crippen LogP) is 1.18. The molecular weight excluding hydrogens is 302 g/mol. The Hall–Kier alpha value is -1.67. The van der Waals surface area contributed by atoms with E-state index in [0.29, 0.717) is 22.1 Å². The summed E-state index contributed by atoms with van der Waals surface area (Å²) in [6, 6.07) is 4.57. The van der Waals surface area contributed by atoms with Crippen LogP contribution in [0.15, 0.2) is 18.2 Å². The fourth-order valence-corrected chi connectivity index (χ4v) is 3.19. The SMILES string of the molecule is CC(CS(C)(=O)=O)n1nnnc1-c1cc(N)cc(Cl)c1. The molecule has 7 nitrogen and oxygen atoms in total. The van der Waals surface area contributed by atoms with Crippen LogP contribution in [-0.2, 0) is 9.84 Å². The predicted molar refractivity (Wildman–Crippen MR) is 77.1 cm³/mol. The molecule has 1 unspecified atom stereocenters. The minimum atomic E-state index is -3.13. The first kappa shape index (κ1) is 14.7. The van der Waals surface area contributed by atoms with Crippen molar-refractivity contribution in [2.45, 2.75) is 13.0 Å². The second kappa shape index (κ2) is 5.37. The normalized spacial score (nSPS) is 13.3. The molecule has 2 aromatic rings. The van der Waals surface area contributed by atoms with Gasteiger partial charge in [-0.3, -0.25) is 0 Å². The molecule has 0 radical (unpaired) electrons. The molecule has 108 valence electrons. The molecule has 2 rings (SSSR count). The third-order valence-corrected chi connectivity index (χ3v) is 3.94. The van der Waals surface area contributed by atoms with Crippen LogP contribution in [0.4, 0.5) is 5.69 Å². The number of sulfone groups is 1. The van der Waals surface area contributed by atoms with E-state index in [4.69, 9.17) is 17.3 Å². The van der Waals surface area contributed by atoms with Crippen molar-refractivity contribution in [1.82, 2.24) is 20.2 Å². The number of benzene rings is 1. The number of halogens is 1. The summed E-state index contributed by atoms with van der Waals surface area (Å²) in [4.78, 5) is 0. The van der Waals surface area contributed by atoms with Gasteiger partial charge in [0, 0.05) is 22.5 Å². The maximum Gasteiger partial charge on any atom is 0.182 e. The molecule has 0 bridgehead atoms. The molecule has 1 aromatic carbocycles. The first-order valence-corrected chi connectivity index (χ1v) is 8.22. The summed E-state index contributed by atoms with van der Waals surface area (Å²) in [5, 5.41) is 11.8. The Morgan fingerprint density at radius 3 is 2.70 bits per heavy atom. The van der Waals surface area contributed by atoms with Crippen LogP contribution in [-0.4, -0.2) is 40.6 Å². The third-order valence-electron chi connectivity index (χ3n) is 2.63. The molecule has 0 saturated carbocycles. The molecule has 0 amide bonds. The zero-order chi connectivity index (χ0) is 14.9. The molecule has 1 aromatic heterocycles. The van der Waals surface area contributed by atoms with Gasteiger partial charge in [0.1, 0.15) is 9.84 Å². The van der Waals surface area contributed by atoms with E-state index in [0.717, 1.165) is 0 Å². The van der Waals surface area contributed by atoms with Gasteiger partial charge in [-0.2, -0.15) is 0 Å². The number of tetrazole rings is 1. The highest BCUT2D eigenvalue weighted by Crippen LogP contribution is 2.25. The van der Waals surface area contributed by atoms with Crippen molar-refractivity contribution in [3.05, 3.63) is 23.2 Å². The van der Waals surface area contributed by atoms with Crippen LogP contribution in [0.3, 0.4) is 0 Å². The Bertz CT molecular complexity index is 708. The summed E-state index contributed by atoms with van der Waals surface area (Å²) in [5.74, 6) is 0.372. The van der Waals surface area contributed by atoms with Crippen molar-refractivity contribution in [3.63, 3.8) is 0 Å². The van der Waals surface area contributed by atoms with E-state index in [1.165, 1.54) is 10.9 Å². The highest BCUT2D eigenvalue weighted by atomic mass is 35.5. The Labute approximate surface area is 121 Å². The smallest absolute Gasteiger partial charge is 0.182 e. The van der Waals surface area contributed by atoms with E-state index in [2.05, 4.69) is 15.5 Å². The molecular formula is C11H14ClN5O2S. The minimum Gasteiger partial charge on any atom is -0.399 e.